The predicted molar refractivity (Wildman–Crippen MR) is 130 cm³/mol. The number of aliphatic hydroxyl groups excluding tert-OH is 2. The van der Waals surface area contributed by atoms with Gasteiger partial charge >= 0.3 is 0 Å². The van der Waals surface area contributed by atoms with Crippen LogP contribution in [-0.4, -0.2) is 36.6 Å². The van der Waals surface area contributed by atoms with E-state index < -0.39 is 0 Å². The molecule has 0 aliphatic rings. The Morgan fingerprint density at radius 1 is 0.481 bits per heavy atom. The van der Waals surface area contributed by atoms with Gasteiger partial charge in [-0.15, -0.1) is 65.8 Å². The van der Waals surface area contributed by atoms with E-state index in [0.717, 1.165) is 13.2 Å². The highest BCUT2D eigenvalue weighted by molar-refractivity contribution is 4.43. The van der Waals surface area contributed by atoms with Gasteiger partial charge in [-0.25, -0.2) is 0 Å². The van der Waals surface area contributed by atoms with Crippen molar-refractivity contribution in [3.8, 4) is 0 Å². The maximum absolute atomic E-state index is 7.62. The van der Waals surface area contributed by atoms with Gasteiger partial charge in [0.05, 0.1) is 13.2 Å². The summed E-state index contributed by atoms with van der Waals surface area (Å²) >= 11 is 0. The molecule has 0 fully saturated rings. The summed E-state index contributed by atoms with van der Waals surface area (Å²) in [6.07, 6.45) is 10.6. The summed E-state index contributed by atoms with van der Waals surface area (Å²) < 4.78 is 5.48. The van der Waals surface area contributed by atoms with Crippen molar-refractivity contribution >= 4 is 0 Å². The fourth-order valence-corrected chi connectivity index (χ4v) is 1.33. The molecule has 3 heteroatoms. The average Bonchev–Trinajstić information content (AvgIpc) is 2.79. The molecule has 0 aromatic heterocycles. The molecule has 27 heavy (non-hydrogen) atoms. The molecular formula is C24H52O3. The van der Waals surface area contributed by atoms with Gasteiger partial charge in [0.1, 0.15) is 0 Å². The van der Waals surface area contributed by atoms with Gasteiger partial charge in [0.2, 0.25) is 0 Å². The molecule has 0 saturated heterocycles. The van der Waals surface area contributed by atoms with Crippen LogP contribution in [0.2, 0.25) is 0 Å². The van der Waals surface area contributed by atoms with Crippen LogP contribution in [0.25, 0.3) is 0 Å². The Labute approximate surface area is 172 Å². The maximum atomic E-state index is 7.62. The number of unbranched alkanes of at least 4 members (excludes halogenated alkanes) is 6. The molecule has 2 N–H and O–H groups in total. The van der Waals surface area contributed by atoms with Gasteiger partial charge in [0.25, 0.3) is 0 Å². The number of hydrogen-bond donors (Lipinski definition) is 2. The summed E-state index contributed by atoms with van der Waals surface area (Å²) in [6.45, 7) is 36.2. The zero-order valence-corrected chi connectivity index (χ0v) is 18.9. The van der Waals surface area contributed by atoms with Gasteiger partial charge in [-0.3, -0.25) is 0 Å². The fourth-order valence-electron chi connectivity index (χ4n) is 1.33. The molecule has 0 atom stereocenters. The zero-order valence-electron chi connectivity index (χ0n) is 18.9. The van der Waals surface area contributed by atoms with Crippen molar-refractivity contribution in [2.24, 2.45) is 0 Å². The van der Waals surface area contributed by atoms with Gasteiger partial charge in [-0.2, -0.15) is 0 Å². The lowest BCUT2D eigenvalue weighted by molar-refractivity contribution is 0.127. The predicted octanol–water partition coefficient (Wildman–Crippen LogP) is 7.15. The molecule has 0 spiro atoms. The standard InChI is InChI=1S/C12H26O.C2H6O2.5C2H4/c1-3-5-7-8-9-10-12-13-11-6-4-2;3-1-2-4;5*1-2/h3-12H2,1-2H3;3-4H,1-2H2;5*1-2H2. The van der Waals surface area contributed by atoms with Crippen LogP contribution >= 0.6 is 0 Å². The van der Waals surface area contributed by atoms with Crippen LogP contribution in [0, 0.1) is 0 Å². The number of aliphatic hydroxyl groups is 2. The first-order chi connectivity index (χ1) is 13.3. The third-order valence-electron chi connectivity index (χ3n) is 2.38. The highest BCUT2D eigenvalue weighted by atomic mass is 16.5. The van der Waals surface area contributed by atoms with Gasteiger partial charge in [0.15, 0.2) is 0 Å². The SMILES string of the molecule is C=C.C=C.C=C.C=C.C=C.CCCCCCCCOCCCC.OCCO. The van der Waals surface area contributed by atoms with Crippen LogP contribution in [0.1, 0.15) is 65.2 Å². The van der Waals surface area contributed by atoms with E-state index in [1.165, 1.54) is 51.4 Å². The lowest BCUT2D eigenvalue weighted by Gasteiger charge is -2.02. The smallest absolute Gasteiger partial charge is 0.0662 e. The fraction of sp³-hybridized carbons (Fsp3) is 0.583. The molecule has 0 aromatic carbocycles. The lowest BCUT2D eigenvalue weighted by atomic mass is 10.1. The van der Waals surface area contributed by atoms with Crippen LogP contribution < -0.4 is 0 Å². The topological polar surface area (TPSA) is 49.7 Å². The van der Waals surface area contributed by atoms with E-state index in [1.54, 1.807) is 0 Å². The van der Waals surface area contributed by atoms with E-state index >= 15 is 0 Å². The van der Waals surface area contributed by atoms with E-state index in [9.17, 15) is 0 Å². The highest BCUT2D eigenvalue weighted by Gasteiger charge is 1.90. The minimum atomic E-state index is -0.125. The Kier molecular flexibility index (Phi) is 169. The molecule has 0 amide bonds. The molecule has 0 aliphatic carbocycles. The monoisotopic (exact) mass is 388 g/mol. The van der Waals surface area contributed by atoms with E-state index in [2.05, 4.69) is 79.6 Å². The largest absolute Gasteiger partial charge is 0.394 e. The zero-order chi connectivity index (χ0) is 23.2. The van der Waals surface area contributed by atoms with Crippen LogP contribution in [0.3, 0.4) is 0 Å². The molecule has 0 unspecified atom stereocenters. The van der Waals surface area contributed by atoms with E-state index in [1.807, 2.05) is 0 Å². The van der Waals surface area contributed by atoms with Crippen LogP contribution in [-0.2, 0) is 4.74 Å². The summed E-state index contributed by atoms with van der Waals surface area (Å²) in [6, 6.07) is 0. The molecule has 0 bridgehead atoms. The summed E-state index contributed by atoms with van der Waals surface area (Å²) in [5.41, 5.74) is 0. The van der Waals surface area contributed by atoms with E-state index in [4.69, 9.17) is 14.9 Å². The second kappa shape index (κ2) is 102. The van der Waals surface area contributed by atoms with E-state index in [0.29, 0.717) is 0 Å². The highest BCUT2D eigenvalue weighted by Crippen LogP contribution is 2.04. The van der Waals surface area contributed by atoms with Crippen molar-refractivity contribution in [3.63, 3.8) is 0 Å². The summed E-state index contributed by atoms with van der Waals surface area (Å²) in [5, 5.41) is 15.2. The van der Waals surface area contributed by atoms with Crippen molar-refractivity contribution in [2.75, 3.05) is 26.4 Å². The molecule has 0 rings (SSSR count). The van der Waals surface area contributed by atoms with Crippen molar-refractivity contribution in [1.29, 1.82) is 0 Å². The van der Waals surface area contributed by atoms with E-state index in [-0.39, 0.29) is 13.2 Å². The average molecular weight is 389 g/mol. The maximum Gasteiger partial charge on any atom is 0.0662 e. The first-order valence-electron chi connectivity index (χ1n) is 9.62. The minimum absolute atomic E-state index is 0.125. The van der Waals surface area contributed by atoms with Crippen LogP contribution in [0.4, 0.5) is 0 Å². The number of rotatable bonds is 11. The first kappa shape index (κ1) is 44.8. The number of hydrogen-bond acceptors (Lipinski definition) is 3. The molecule has 0 radical (unpaired) electrons. The van der Waals surface area contributed by atoms with Crippen molar-refractivity contribution in [1.82, 2.24) is 0 Å². The quantitative estimate of drug-likeness (QED) is 0.292. The summed E-state index contributed by atoms with van der Waals surface area (Å²) in [4.78, 5) is 0. The van der Waals surface area contributed by atoms with Crippen LogP contribution in [0.15, 0.2) is 65.8 Å². The first-order valence-corrected chi connectivity index (χ1v) is 9.62. The second-order valence-corrected chi connectivity index (χ2v) is 4.18. The normalized spacial score (nSPS) is 6.96. The molecule has 0 saturated carbocycles. The third kappa shape index (κ3) is 137. The Morgan fingerprint density at radius 3 is 1.11 bits per heavy atom. The van der Waals surface area contributed by atoms with Gasteiger partial charge in [-0.1, -0.05) is 52.4 Å². The van der Waals surface area contributed by atoms with Gasteiger partial charge in [-0.05, 0) is 12.8 Å². The van der Waals surface area contributed by atoms with Crippen molar-refractivity contribution in [3.05, 3.63) is 65.8 Å². The summed E-state index contributed by atoms with van der Waals surface area (Å²) in [5.74, 6) is 0. The third-order valence-corrected chi connectivity index (χ3v) is 2.38. The molecular weight excluding hydrogens is 336 g/mol. The summed E-state index contributed by atoms with van der Waals surface area (Å²) in [7, 11) is 0. The molecule has 0 heterocycles. The number of ether oxygens (including phenoxy) is 1. The van der Waals surface area contributed by atoms with Gasteiger partial charge in [0, 0.05) is 13.2 Å². The second-order valence-electron chi connectivity index (χ2n) is 4.18. The molecule has 0 aliphatic heterocycles. The molecule has 0 aromatic rings. The molecule has 166 valence electrons. The molecule has 3 nitrogen and oxygen atoms in total. The van der Waals surface area contributed by atoms with Gasteiger partial charge < -0.3 is 14.9 Å². The van der Waals surface area contributed by atoms with Crippen molar-refractivity contribution < 1.29 is 14.9 Å². The minimum Gasteiger partial charge on any atom is -0.394 e. The Hall–Kier alpha value is -1.42. The van der Waals surface area contributed by atoms with Crippen LogP contribution in [0.5, 0.6) is 0 Å². The Bertz CT molecular complexity index is 140. The Morgan fingerprint density at radius 2 is 0.778 bits per heavy atom. The Balaban J connectivity index is -0.0000000475. The lowest BCUT2D eigenvalue weighted by Crippen LogP contribution is -1.96. The van der Waals surface area contributed by atoms with Crippen molar-refractivity contribution in [2.45, 2.75) is 65.2 Å².